The Balaban J connectivity index is 5.68. The van der Waals surface area contributed by atoms with Crippen LogP contribution in [-0.4, -0.2) is 23.0 Å². The van der Waals surface area contributed by atoms with Crippen molar-refractivity contribution in [3.63, 3.8) is 0 Å². The molecule has 4 nitrogen and oxygen atoms in total. The first-order chi connectivity index (χ1) is 12.5. The number of ether oxygens (including phenoxy) is 2. The monoisotopic (exact) mass is 384 g/mol. The molecule has 27 heavy (non-hydrogen) atoms. The SMILES string of the molecule is C=C(C)/C(C)=C(/C=C(\O)OC(C)(CCCCC)OC(=O)CC)C(F)C(C)C. The van der Waals surface area contributed by atoms with Crippen molar-refractivity contribution in [2.75, 3.05) is 0 Å². The first-order valence-corrected chi connectivity index (χ1v) is 9.79. The standard InChI is InChI=1S/C22H37FO4/c1-9-11-12-13-22(8,26-19(24)10-2)27-20(25)14-18(17(7)15(3)4)21(23)16(5)6/h14,16,21,25H,3,9-13H2,1-2,4-8H3/b18-17-,20-14+. The van der Waals surface area contributed by atoms with Gasteiger partial charge in [-0.3, -0.25) is 4.79 Å². The van der Waals surface area contributed by atoms with Gasteiger partial charge >= 0.3 is 5.97 Å². The van der Waals surface area contributed by atoms with Gasteiger partial charge in [0.2, 0.25) is 0 Å². The van der Waals surface area contributed by atoms with Crippen LogP contribution in [0.15, 0.2) is 35.3 Å². The molecule has 0 saturated carbocycles. The summed E-state index contributed by atoms with van der Waals surface area (Å²) in [6.07, 6.45) is 3.37. The Kier molecular flexibility index (Phi) is 11.1. The normalized spacial score (nSPS) is 16.4. The van der Waals surface area contributed by atoms with Crippen LogP contribution in [0.4, 0.5) is 4.39 Å². The zero-order valence-corrected chi connectivity index (χ0v) is 18.0. The number of aliphatic hydroxyl groups excluding tert-OH is 1. The summed E-state index contributed by atoms with van der Waals surface area (Å²) in [6, 6.07) is 0. The number of rotatable bonds is 12. The zero-order chi connectivity index (χ0) is 21.2. The minimum Gasteiger partial charge on any atom is -0.481 e. The van der Waals surface area contributed by atoms with Gasteiger partial charge < -0.3 is 14.6 Å². The predicted molar refractivity (Wildman–Crippen MR) is 108 cm³/mol. The fraction of sp³-hybridized carbons (Fsp3) is 0.682. The van der Waals surface area contributed by atoms with Crippen LogP contribution in [0.25, 0.3) is 0 Å². The molecule has 0 aromatic rings. The summed E-state index contributed by atoms with van der Waals surface area (Å²) in [5.41, 5.74) is 1.68. The first kappa shape index (κ1) is 25.2. The molecule has 0 bridgehead atoms. The van der Waals surface area contributed by atoms with Gasteiger partial charge in [0, 0.05) is 25.8 Å². The number of hydrogen-bond donors (Lipinski definition) is 1. The molecule has 0 radical (unpaired) electrons. The lowest BCUT2D eigenvalue weighted by Gasteiger charge is -2.30. The molecule has 1 N–H and O–H groups in total. The maximum atomic E-state index is 14.7. The Morgan fingerprint density at radius 3 is 2.26 bits per heavy atom. The number of carbonyl (C=O) groups is 1. The van der Waals surface area contributed by atoms with Crippen molar-refractivity contribution in [3.8, 4) is 0 Å². The van der Waals surface area contributed by atoms with E-state index in [4.69, 9.17) is 9.47 Å². The molecule has 0 amide bonds. The van der Waals surface area contributed by atoms with Crippen LogP contribution in [-0.2, 0) is 14.3 Å². The van der Waals surface area contributed by atoms with Gasteiger partial charge in [-0.1, -0.05) is 52.7 Å². The van der Waals surface area contributed by atoms with Crippen LogP contribution >= 0.6 is 0 Å². The molecular weight excluding hydrogens is 347 g/mol. The molecule has 0 aliphatic heterocycles. The van der Waals surface area contributed by atoms with Crippen LogP contribution in [0, 0.1) is 5.92 Å². The van der Waals surface area contributed by atoms with Gasteiger partial charge in [0.25, 0.3) is 11.7 Å². The maximum absolute atomic E-state index is 14.7. The summed E-state index contributed by atoms with van der Waals surface area (Å²) < 4.78 is 25.7. The zero-order valence-electron chi connectivity index (χ0n) is 18.0. The second-order valence-electron chi connectivity index (χ2n) is 7.51. The van der Waals surface area contributed by atoms with Gasteiger partial charge in [0.05, 0.1) is 0 Å². The largest absolute Gasteiger partial charge is 0.481 e. The van der Waals surface area contributed by atoms with Gasteiger partial charge in [0.1, 0.15) is 6.17 Å². The highest BCUT2D eigenvalue weighted by Gasteiger charge is 2.31. The Morgan fingerprint density at radius 2 is 1.81 bits per heavy atom. The average Bonchev–Trinajstić information content (AvgIpc) is 2.58. The lowest BCUT2D eigenvalue weighted by molar-refractivity contribution is -0.224. The minimum atomic E-state index is -1.30. The Bertz CT molecular complexity index is 563. The quantitative estimate of drug-likeness (QED) is 0.136. The fourth-order valence-electron chi connectivity index (χ4n) is 2.52. The molecule has 2 atom stereocenters. The number of hydrogen-bond acceptors (Lipinski definition) is 4. The van der Waals surface area contributed by atoms with Crippen LogP contribution in [0.3, 0.4) is 0 Å². The molecule has 0 aromatic carbocycles. The van der Waals surface area contributed by atoms with E-state index in [1.165, 1.54) is 6.08 Å². The molecule has 0 rings (SSSR count). The van der Waals surface area contributed by atoms with Crippen molar-refractivity contribution < 1.29 is 23.8 Å². The van der Waals surface area contributed by atoms with Gasteiger partial charge in [-0.2, -0.15) is 0 Å². The summed E-state index contributed by atoms with van der Waals surface area (Å²) in [4.78, 5) is 11.8. The number of unbranched alkanes of at least 4 members (excludes halogenated alkanes) is 2. The van der Waals surface area contributed by atoms with Crippen molar-refractivity contribution in [2.45, 2.75) is 92.5 Å². The molecule has 5 heteroatoms. The summed E-state index contributed by atoms with van der Waals surface area (Å²) >= 11 is 0. The Labute approximate surface area is 164 Å². The van der Waals surface area contributed by atoms with Crippen molar-refractivity contribution in [2.24, 2.45) is 5.92 Å². The molecule has 0 saturated heterocycles. The van der Waals surface area contributed by atoms with E-state index in [1.54, 1.807) is 41.5 Å². The number of carbonyl (C=O) groups excluding carboxylic acids is 1. The fourth-order valence-corrected chi connectivity index (χ4v) is 2.52. The summed E-state index contributed by atoms with van der Waals surface area (Å²) in [6.45, 7) is 16.3. The van der Waals surface area contributed by atoms with Crippen LogP contribution in [0.1, 0.15) is 80.6 Å². The summed E-state index contributed by atoms with van der Waals surface area (Å²) in [5, 5.41) is 10.4. The van der Waals surface area contributed by atoms with E-state index in [9.17, 15) is 14.3 Å². The topological polar surface area (TPSA) is 55.8 Å². The summed E-state index contributed by atoms with van der Waals surface area (Å²) in [7, 11) is 0. The Morgan fingerprint density at radius 1 is 1.22 bits per heavy atom. The van der Waals surface area contributed by atoms with Crippen LogP contribution in [0.5, 0.6) is 0 Å². The van der Waals surface area contributed by atoms with Gasteiger partial charge in [-0.15, -0.1) is 0 Å². The van der Waals surface area contributed by atoms with Crippen molar-refractivity contribution >= 4 is 5.97 Å². The number of halogens is 1. The second kappa shape index (κ2) is 11.8. The van der Waals surface area contributed by atoms with E-state index in [2.05, 4.69) is 13.5 Å². The average molecular weight is 385 g/mol. The summed E-state index contributed by atoms with van der Waals surface area (Å²) in [5.74, 6) is -2.46. The molecule has 0 heterocycles. The van der Waals surface area contributed by atoms with E-state index >= 15 is 0 Å². The number of aliphatic hydroxyl groups is 1. The van der Waals surface area contributed by atoms with Crippen molar-refractivity contribution in [3.05, 3.63) is 35.3 Å². The van der Waals surface area contributed by atoms with Crippen LogP contribution in [0.2, 0.25) is 0 Å². The van der Waals surface area contributed by atoms with Crippen molar-refractivity contribution in [1.82, 2.24) is 0 Å². The van der Waals surface area contributed by atoms with E-state index < -0.39 is 23.9 Å². The molecular formula is C22H37FO4. The van der Waals surface area contributed by atoms with Crippen LogP contribution < -0.4 is 0 Å². The molecule has 0 fully saturated rings. The second-order valence-corrected chi connectivity index (χ2v) is 7.51. The lowest BCUT2D eigenvalue weighted by atomic mass is 9.93. The highest BCUT2D eigenvalue weighted by Crippen LogP contribution is 2.28. The minimum absolute atomic E-state index is 0.205. The molecule has 0 aromatic heterocycles. The van der Waals surface area contributed by atoms with Gasteiger partial charge in [-0.25, -0.2) is 4.39 Å². The molecule has 0 spiro atoms. The van der Waals surface area contributed by atoms with E-state index in [0.29, 0.717) is 23.1 Å². The van der Waals surface area contributed by atoms with E-state index in [1.807, 2.05) is 0 Å². The lowest BCUT2D eigenvalue weighted by Crippen LogP contribution is -2.34. The van der Waals surface area contributed by atoms with Gasteiger partial charge in [-0.05, 0) is 37.3 Å². The maximum Gasteiger partial charge on any atom is 0.308 e. The van der Waals surface area contributed by atoms with Gasteiger partial charge in [0.15, 0.2) is 0 Å². The highest BCUT2D eigenvalue weighted by molar-refractivity contribution is 5.69. The Hall–Kier alpha value is -1.78. The third-order valence-corrected chi connectivity index (χ3v) is 4.41. The third kappa shape index (κ3) is 9.12. The molecule has 0 aliphatic rings. The number of alkyl halides is 1. The third-order valence-electron chi connectivity index (χ3n) is 4.41. The predicted octanol–water partition coefficient (Wildman–Crippen LogP) is 6.54. The van der Waals surface area contributed by atoms with Crippen molar-refractivity contribution in [1.29, 1.82) is 0 Å². The van der Waals surface area contributed by atoms with E-state index in [0.717, 1.165) is 19.3 Å². The smallest absolute Gasteiger partial charge is 0.308 e. The number of esters is 1. The molecule has 0 aliphatic carbocycles. The first-order valence-electron chi connectivity index (χ1n) is 9.79. The molecule has 156 valence electrons. The molecule has 2 unspecified atom stereocenters. The number of allylic oxidation sites excluding steroid dienone is 4. The highest BCUT2D eigenvalue weighted by atomic mass is 19.1. The van der Waals surface area contributed by atoms with E-state index in [-0.39, 0.29) is 12.3 Å².